The minimum Gasteiger partial charge on any atom is -0.494 e. The first-order valence-corrected chi connectivity index (χ1v) is 4.37. The molecule has 0 bridgehead atoms. The fourth-order valence-electron chi connectivity index (χ4n) is 1.28. The first-order chi connectivity index (χ1) is 7.51. The summed E-state index contributed by atoms with van der Waals surface area (Å²) in [5.41, 5.74) is -0.409. The smallest absolute Gasteiger partial charge is 0.313 e. The van der Waals surface area contributed by atoms with Gasteiger partial charge in [-0.15, -0.1) is 0 Å². The molecule has 0 fully saturated rings. The van der Waals surface area contributed by atoms with Crippen LogP contribution in [0.15, 0.2) is 12.1 Å². The maximum Gasteiger partial charge on any atom is 0.313 e. The van der Waals surface area contributed by atoms with Gasteiger partial charge < -0.3 is 14.9 Å². The molecule has 1 aromatic carbocycles. The second kappa shape index (κ2) is 4.89. The van der Waals surface area contributed by atoms with Gasteiger partial charge in [-0.25, -0.2) is 8.78 Å². The summed E-state index contributed by atoms with van der Waals surface area (Å²) in [4.78, 5) is 10.7. The van der Waals surface area contributed by atoms with Crippen molar-refractivity contribution >= 4 is 5.97 Å². The van der Waals surface area contributed by atoms with Crippen molar-refractivity contribution in [1.82, 2.24) is 0 Å². The van der Waals surface area contributed by atoms with Crippen LogP contribution in [0.25, 0.3) is 0 Å². The topological polar surface area (TPSA) is 66.8 Å². The predicted octanol–water partition coefficient (Wildman–Crippen LogP) is 1.13. The van der Waals surface area contributed by atoms with Crippen LogP contribution in [0.2, 0.25) is 0 Å². The molecule has 0 aliphatic rings. The third-order valence-electron chi connectivity index (χ3n) is 2.13. The lowest BCUT2D eigenvalue weighted by Crippen LogP contribution is -2.17. The Morgan fingerprint density at radius 2 is 2.06 bits per heavy atom. The van der Waals surface area contributed by atoms with E-state index < -0.39 is 35.7 Å². The second-order valence-corrected chi connectivity index (χ2v) is 3.08. The molecule has 0 heterocycles. The van der Waals surface area contributed by atoms with E-state index in [1.165, 1.54) is 0 Å². The van der Waals surface area contributed by atoms with E-state index in [4.69, 9.17) is 10.2 Å². The number of methoxy groups -OCH3 is 1. The Morgan fingerprint density at radius 3 is 2.50 bits per heavy atom. The predicted molar refractivity (Wildman–Crippen MR) is 50.4 cm³/mol. The highest BCUT2D eigenvalue weighted by Gasteiger charge is 2.24. The van der Waals surface area contributed by atoms with E-state index in [0.717, 1.165) is 13.2 Å². The fourth-order valence-corrected chi connectivity index (χ4v) is 1.28. The molecule has 1 atom stereocenters. The standard InChI is InChI=1S/C10H10F2O4/c1-16-9-3-7(11)5(2-8(9)12)6(4-13)10(14)15/h2-3,6,13H,4H2,1H3,(H,14,15). The summed E-state index contributed by atoms with van der Waals surface area (Å²) >= 11 is 0. The number of halogens is 2. The van der Waals surface area contributed by atoms with Crippen LogP contribution in [0.4, 0.5) is 8.78 Å². The van der Waals surface area contributed by atoms with Crippen molar-refractivity contribution in [1.29, 1.82) is 0 Å². The SMILES string of the molecule is COc1cc(F)c(C(CO)C(=O)O)cc1F. The molecule has 6 heteroatoms. The number of aliphatic hydroxyl groups excluding tert-OH is 1. The number of benzene rings is 1. The Morgan fingerprint density at radius 1 is 1.44 bits per heavy atom. The maximum absolute atomic E-state index is 13.4. The molecule has 0 saturated heterocycles. The van der Waals surface area contributed by atoms with Gasteiger partial charge in [-0.1, -0.05) is 0 Å². The molecule has 0 aliphatic carbocycles. The van der Waals surface area contributed by atoms with Crippen LogP contribution in [0, 0.1) is 11.6 Å². The van der Waals surface area contributed by atoms with Gasteiger partial charge in [-0.05, 0) is 6.07 Å². The molecular formula is C10H10F2O4. The van der Waals surface area contributed by atoms with Crippen LogP contribution in [-0.2, 0) is 4.79 Å². The van der Waals surface area contributed by atoms with E-state index >= 15 is 0 Å². The normalized spacial score (nSPS) is 12.2. The van der Waals surface area contributed by atoms with Crippen LogP contribution >= 0.6 is 0 Å². The zero-order valence-corrected chi connectivity index (χ0v) is 8.41. The molecule has 0 aromatic heterocycles. The Bertz CT molecular complexity index is 406. The van der Waals surface area contributed by atoms with Crippen molar-refractivity contribution in [2.45, 2.75) is 5.92 Å². The Labute approximate surface area is 90.1 Å². The maximum atomic E-state index is 13.4. The summed E-state index contributed by atoms with van der Waals surface area (Å²) in [5.74, 6) is -5.03. The zero-order chi connectivity index (χ0) is 12.3. The monoisotopic (exact) mass is 232 g/mol. The lowest BCUT2D eigenvalue weighted by atomic mass is 9.99. The molecule has 88 valence electrons. The molecule has 1 aromatic rings. The lowest BCUT2D eigenvalue weighted by Gasteiger charge is -2.12. The molecule has 0 spiro atoms. The molecule has 0 saturated carbocycles. The Hall–Kier alpha value is -1.69. The van der Waals surface area contributed by atoms with Crippen molar-refractivity contribution in [3.8, 4) is 5.75 Å². The number of carboxylic acid groups (broad SMARTS) is 1. The minimum atomic E-state index is -1.49. The van der Waals surface area contributed by atoms with Gasteiger partial charge in [0, 0.05) is 11.6 Å². The van der Waals surface area contributed by atoms with E-state index in [2.05, 4.69) is 4.74 Å². The average Bonchev–Trinajstić information content (AvgIpc) is 2.23. The molecule has 1 unspecified atom stereocenters. The van der Waals surface area contributed by atoms with Crippen LogP contribution in [0.3, 0.4) is 0 Å². The summed E-state index contributed by atoms with van der Waals surface area (Å²) in [6.07, 6.45) is 0. The van der Waals surface area contributed by atoms with Crippen molar-refractivity contribution in [3.63, 3.8) is 0 Å². The largest absolute Gasteiger partial charge is 0.494 e. The molecule has 2 N–H and O–H groups in total. The molecule has 0 amide bonds. The minimum absolute atomic E-state index is 0.316. The van der Waals surface area contributed by atoms with Crippen LogP contribution in [0.1, 0.15) is 11.5 Å². The summed E-state index contributed by atoms with van der Waals surface area (Å²) in [5, 5.41) is 17.5. The van der Waals surface area contributed by atoms with Gasteiger partial charge >= 0.3 is 5.97 Å². The molecule has 4 nitrogen and oxygen atoms in total. The number of hydrogen-bond donors (Lipinski definition) is 2. The third kappa shape index (κ3) is 2.27. The van der Waals surface area contributed by atoms with Crippen LogP contribution in [0.5, 0.6) is 5.75 Å². The Kier molecular flexibility index (Phi) is 3.78. The fraction of sp³-hybridized carbons (Fsp3) is 0.300. The van der Waals surface area contributed by atoms with E-state index in [0.29, 0.717) is 6.07 Å². The number of ether oxygens (including phenoxy) is 1. The van der Waals surface area contributed by atoms with Gasteiger partial charge in [0.05, 0.1) is 13.7 Å². The van der Waals surface area contributed by atoms with Crippen molar-refractivity contribution in [3.05, 3.63) is 29.3 Å². The number of aliphatic carboxylic acids is 1. The summed E-state index contributed by atoms with van der Waals surface area (Å²) in [6, 6.07) is 1.46. The van der Waals surface area contributed by atoms with Gasteiger partial charge in [-0.2, -0.15) is 0 Å². The first kappa shape index (κ1) is 12.4. The van der Waals surface area contributed by atoms with Gasteiger partial charge in [0.1, 0.15) is 11.7 Å². The number of aliphatic hydroxyl groups is 1. The van der Waals surface area contributed by atoms with Gasteiger partial charge in [0.15, 0.2) is 11.6 Å². The number of rotatable bonds is 4. The number of carboxylic acids is 1. The summed E-state index contributed by atoms with van der Waals surface area (Å²) in [6.45, 7) is -0.808. The highest BCUT2D eigenvalue weighted by atomic mass is 19.1. The highest BCUT2D eigenvalue weighted by molar-refractivity contribution is 5.76. The van der Waals surface area contributed by atoms with E-state index in [1.54, 1.807) is 0 Å². The highest BCUT2D eigenvalue weighted by Crippen LogP contribution is 2.26. The molecule has 0 aliphatic heterocycles. The van der Waals surface area contributed by atoms with Crippen molar-refractivity contribution in [2.75, 3.05) is 13.7 Å². The molecule has 16 heavy (non-hydrogen) atoms. The number of carbonyl (C=O) groups is 1. The number of hydrogen-bond acceptors (Lipinski definition) is 3. The summed E-state index contributed by atoms with van der Waals surface area (Å²) in [7, 11) is 1.16. The van der Waals surface area contributed by atoms with E-state index in [1.807, 2.05) is 0 Å². The van der Waals surface area contributed by atoms with E-state index in [-0.39, 0.29) is 5.75 Å². The van der Waals surface area contributed by atoms with Crippen LogP contribution < -0.4 is 4.74 Å². The molecule has 0 radical (unpaired) electrons. The van der Waals surface area contributed by atoms with Crippen molar-refractivity contribution < 1.29 is 28.5 Å². The van der Waals surface area contributed by atoms with Gasteiger partial charge in [0.25, 0.3) is 0 Å². The van der Waals surface area contributed by atoms with Crippen LogP contribution in [-0.4, -0.2) is 29.9 Å². The zero-order valence-electron chi connectivity index (χ0n) is 8.41. The average molecular weight is 232 g/mol. The molecular weight excluding hydrogens is 222 g/mol. The molecule has 1 rings (SSSR count). The van der Waals surface area contributed by atoms with Crippen molar-refractivity contribution in [2.24, 2.45) is 0 Å². The summed E-state index contributed by atoms with van der Waals surface area (Å²) < 4.78 is 31.1. The Balaban J connectivity index is 3.24. The first-order valence-electron chi connectivity index (χ1n) is 4.37. The van der Waals surface area contributed by atoms with Gasteiger partial charge in [0.2, 0.25) is 0 Å². The third-order valence-corrected chi connectivity index (χ3v) is 2.13. The quantitative estimate of drug-likeness (QED) is 0.816. The second-order valence-electron chi connectivity index (χ2n) is 3.08. The van der Waals surface area contributed by atoms with E-state index in [9.17, 15) is 13.6 Å². The van der Waals surface area contributed by atoms with Gasteiger partial charge in [-0.3, -0.25) is 4.79 Å². The lowest BCUT2D eigenvalue weighted by molar-refractivity contribution is -0.139.